The summed E-state index contributed by atoms with van der Waals surface area (Å²) in [4.78, 5) is 25.1. The van der Waals surface area contributed by atoms with Gasteiger partial charge in [0, 0.05) is 5.92 Å². The summed E-state index contributed by atoms with van der Waals surface area (Å²) in [6, 6.07) is 10.1. The average Bonchev–Trinajstić information content (AvgIpc) is 2.72. The molecule has 4 atom stereocenters. The first-order chi connectivity index (χ1) is 15.0. The molecule has 0 saturated carbocycles. The Morgan fingerprint density at radius 3 is 2.50 bits per heavy atom. The Morgan fingerprint density at radius 1 is 1.19 bits per heavy atom. The number of esters is 2. The highest BCUT2D eigenvalue weighted by atomic mass is 16.6. The van der Waals surface area contributed by atoms with Crippen molar-refractivity contribution in [2.45, 2.75) is 71.7 Å². The Kier molecular flexibility index (Phi) is 9.91. The van der Waals surface area contributed by atoms with Gasteiger partial charge in [-0.3, -0.25) is 9.59 Å². The Bertz CT molecular complexity index is 751. The molecule has 32 heavy (non-hydrogen) atoms. The third kappa shape index (κ3) is 9.13. The largest absolute Gasteiger partial charge is 0.460 e. The minimum Gasteiger partial charge on any atom is -0.460 e. The summed E-state index contributed by atoms with van der Waals surface area (Å²) in [6.07, 6.45) is 0.574. The first-order valence-electron chi connectivity index (χ1n) is 11.3. The van der Waals surface area contributed by atoms with Gasteiger partial charge in [-0.15, -0.1) is 6.58 Å². The van der Waals surface area contributed by atoms with Gasteiger partial charge in [0.05, 0.1) is 38.3 Å². The molecule has 0 aliphatic carbocycles. The summed E-state index contributed by atoms with van der Waals surface area (Å²) in [5.74, 6) is -1.62. The normalized spacial score (nSPS) is 24.6. The van der Waals surface area contributed by atoms with Crippen LogP contribution in [0.15, 0.2) is 42.5 Å². The van der Waals surface area contributed by atoms with Gasteiger partial charge in [0.15, 0.2) is 0 Å². The molecule has 1 saturated heterocycles. The van der Waals surface area contributed by atoms with Gasteiger partial charge in [0.25, 0.3) is 0 Å². The minimum absolute atomic E-state index is 0.00871. The molecule has 0 N–H and O–H groups in total. The number of carbonyl (C=O) groups excluding carboxylic acids is 2. The van der Waals surface area contributed by atoms with Crippen LogP contribution < -0.4 is 0 Å². The van der Waals surface area contributed by atoms with E-state index in [2.05, 4.69) is 18.7 Å². The number of carbonyl (C=O) groups is 2. The molecule has 1 aliphatic rings. The van der Waals surface area contributed by atoms with Crippen LogP contribution in [0.5, 0.6) is 0 Å². The molecule has 6 heteroatoms. The van der Waals surface area contributed by atoms with Crippen LogP contribution in [0, 0.1) is 11.8 Å². The molecule has 1 aliphatic heterocycles. The third-order valence-corrected chi connectivity index (χ3v) is 5.23. The molecule has 0 radical (unpaired) electrons. The maximum Gasteiger partial charge on any atom is 0.312 e. The Hall–Kier alpha value is -2.18. The van der Waals surface area contributed by atoms with Crippen LogP contribution in [-0.4, -0.2) is 49.6 Å². The average molecular weight is 447 g/mol. The van der Waals surface area contributed by atoms with Crippen molar-refractivity contribution < 1.29 is 28.5 Å². The van der Waals surface area contributed by atoms with Crippen molar-refractivity contribution in [3.8, 4) is 0 Å². The first kappa shape index (κ1) is 26.1. The van der Waals surface area contributed by atoms with E-state index in [4.69, 9.17) is 18.9 Å². The number of ether oxygens (including phenoxy) is 4. The zero-order chi connectivity index (χ0) is 23.7. The fraction of sp³-hybridized carbons (Fsp3) is 0.615. The minimum atomic E-state index is -0.709. The zero-order valence-electron chi connectivity index (χ0n) is 20.1. The van der Waals surface area contributed by atoms with Crippen molar-refractivity contribution in [3.05, 3.63) is 48.0 Å². The summed E-state index contributed by atoms with van der Waals surface area (Å²) in [5, 5.41) is 0. The summed E-state index contributed by atoms with van der Waals surface area (Å²) >= 11 is 0. The Balaban J connectivity index is 2.15. The second-order valence-electron chi connectivity index (χ2n) is 9.66. The molecule has 1 heterocycles. The van der Waals surface area contributed by atoms with E-state index >= 15 is 0 Å². The fourth-order valence-corrected chi connectivity index (χ4v) is 3.71. The van der Waals surface area contributed by atoms with Crippen molar-refractivity contribution in [3.63, 3.8) is 0 Å². The number of benzene rings is 1. The van der Waals surface area contributed by atoms with E-state index in [1.165, 1.54) is 0 Å². The molecule has 178 valence electrons. The van der Waals surface area contributed by atoms with Crippen molar-refractivity contribution >= 4 is 11.9 Å². The quantitative estimate of drug-likeness (QED) is 0.432. The lowest BCUT2D eigenvalue weighted by Gasteiger charge is -2.31. The maximum absolute atomic E-state index is 12.8. The van der Waals surface area contributed by atoms with Crippen molar-refractivity contribution in [1.29, 1.82) is 0 Å². The highest BCUT2D eigenvalue weighted by Crippen LogP contribution is 2.25. The molecule has 1 fully saturated rings. The molecular weight excluding hydrogens is 408 g/mol. The third-order valence-electron chi connectivity index (χ3n) is 5.23. The van der Waals surface area contributed by atoms with Crippen LogP contribution in [0.1, 0.15) is 53.0 Å². The second-order valence-corrected chi connectivity index (χ2v) is 9.66. The van der Waals surface area contributed by atoms with E-state index in [-0.39, 0.29) is 25.0 Å². The van der Waals surface area contributed by atoms with Crippen LogP contribution in [0.3, 0.4) is 0 Å². The number of cyclic esters (lactones) is 1. The van der Waals surface area contributed by atoms with Crippen LogP contribution in [0.4, 0.5) is 0 Å². The molecule has 6 nitrogen and oxygen atoms in total. The number of hydrogen-bond acceptors (Lipinski definition) is 6. The molecule has 0 spiro atoms. The van der Waals surface area contributed by atoms with E-state index < -0.39 is 29.6 Å². The van der Waals surface area contributed by atoms with E-state index in [0.717, 1.165) is 24.0 Å². The molecular formula is C26H38O6. The van der Waals surface area contributed by atoms with E-state index in [1.54, 1.807) is 20.8 Å². The summed E-state index contributed by atoms with van der Waals surface area (Å²) in [5.41, 5.74) is 1.58. The van der Waals surface area contributed by atoms with E-state index in [0.29, 0.717) is 13.2 Å². The van der Waals surface area contributed by atoms with Gasteiger partial charge in [0.2, 0.25) is 0 Å². The van der Waals surface area contributed by atoms with Crippen molar-refractivity contribution in [2.75, 3.05) is 19.8 Å². The molecule has 0 amide bonds. The zero-order valence-corrected chi connectivity index (χ0v) is 20.1. The Labute approximate surface area is 192 Å². The molecule has 2 rings (SSSR count). The van der Waals surface area contributed by atoms with Gasteiger partial charge in [0.1, 0.15) is 11.7 Å². The Morgan fingerprint density at radius 2 is 1.88 bits per heavy atom. The maximum atomic E-state index is 12.8. The lowest BCUT2D eigenvalue weighted by molar-refractivity contribution is -0.168. The lowest BCUT2D eigenvalue weighted by atomic mass is 9.91. The summed E-state index contributed by atoms with van der Waals surface area (Å²) in [6.45, 7) is 14.1. The first-order valence-corrected chi connectivity index (χ1v) is 11.3. The van der Waals surface area contributed by atoms with Gasteiger partial charge in [-0.2, -0.15) is 0 Å². The van der Waals surface area contributed by atoms with Crippen LogP contribution >= 0.6 is 0 Å². The molecule has 0 aromatic heterocycles. The van der Waals surface area contributed by atoms with Gasteiger partial charge in [-0.25, -0.2) is 0 Å². The van der Waals surface area contributed by atoms with E-state index in [9.17, 15) is 9.59 Å². The molecule has 1 aromatic rings. The lowest BCUT2D eigenvalue weighted by Crippen LogP contribution is -2.40. The van der Waals surface area contributed by atoms with Crippen LogP contribution in [-0.2, 0) is 35.0 Å². The van der Waals surface area contributed by atoms with E-state index in [1.807, 2.05) is 32.0 Å². The highest BCUT2D eigenvalue weighted by Gasteiger charge is 2.36. The number of rotatable bonds is 8. The second kappa shape index (κ2) is 12.2. The fourth-order valence-electron chi connectivity index (χ4n) is 3.71. The molecule has 1 aromatic carbocycles. The van der Waals surface area contributed by atoms with Crippen LogP contribution in [0.25, 0.3) is 0 Å². The smallest absolute Gasteiger partial charge is 0.312 e. The highest BCUT2D eigenvalue weighted by molar-refractivity contribution is 5.80. The van der Waals surface area contributed by atoms with Crippen LogP contribution in [0.2, 0.25) is 0 Å². The van der Waals surface area contributed by atoms with Gasteiger partial charge < -0.3 is 18.9 Å². The molecule has 0 unspecified atom stereocenters. The standard InChI is InChI=1S/C26H38O6/c1-18(2)12-13-30-24-19(3)31-25(28)22(15-23(27)32-26(4,5)6)17-29-16-21(24)14-20-10-8-7-9-11-20/h7-11,19,21-22,24H,1,12-17H2,2-6H3/t19-,21-,22-,24-/m0/s1. The summed E-state index contributed by atoms with van der Waals surface area (Å²) in [7, 11) is 0. The predicted molar refractivity (Wildman–Crippen MR) is 123 cm³/mol. The topological polar surface area (TPSA) is 71.1 Å². The SMILES string of the molecule is C=C(C)CCO[C@@H]1[C@@H](Cc2ccccc2)COC[C@H](CC(=O)OC(C)(C)C)C(=O)O[C@H]1C. The van der Waals surface area contributed by atoms with Gasteiger partial charge in [-0.05, 0) is 53.0 Å². The monoisotopic (exact) mass is 446 g/mol. The predicted octanol–water partition coefficient (Wildman–Crippen LogP) is 4.51. The van der Waals surface area contributed by atoms with Gasteiger partial charge >= 0.3 is 11.9 Å². The number of hydrogen-bond donors (Lipinski definition) is 0. The van der Waals surface area contributed by atoms with Crippen molar-refractivity contribution in [2.24, 2.45) is 11.8 Å². The van der Waals surface area contributed by atoms with Gasteiger partial charge in [-0.1, -0.05) is 35.9 Å². The molecule has 0 bridgehead atoms. The summed E-state index contributed by atoms with van der Waals surface area (Å²) < 4.78 is 23.3. The van der Waals surface area contributed by atoms with Crippen molar-refractivity contribution in [1.82, 2.24) is 0 Å².